The molecule has 11 heteroatoms. The maximum Gasteiger partial charge on any atom is 0.416 e. The summed E-state index contributed by atoms with van der Waals surface area (Å²) in [5, 5.41) is 12.4. The van der Waals surface area contributed by atoms with Crippen LogP contribution in [0.25, 0.3) is 5.69 Å². The van der Waals surface area contributed by atoms with Crippen LogP contribution in [0.15, 0.2) is 78.0 Å². The van der Waals surface area contributed by atoms with E-state index in [1.54, 1.807) is 67.1 Å². The molecule has 0 spiro atoms. The molecule has 1 unspecified atom stereocenters. The fourth-order valence-corrected chi connectivity index (χ4v) is 4.67. The summed E-state index contributed by atoms with van der Waals surface area (Å²) in [7, 11) is 1.54. The number of rotatable bonds is 8. The van der Waals surface area contributed by atoms with Gasteiger partial charge in [-0.1, -0.05) is 47.6 Å². The van der Waals surface area contributed by atoms with Crippen LogP contribution in [0.3, 0.4) is 0 Å². The Morgan fingerprint density at radius 1 is 1.08 bits per heavy atom. The summed E-state index contributed by atoms with van der Waals surface area (Å²) in [6.45, 7) is 1.77. The molecular formula is C26H22ClF3N4O2S. The van der Waals surface area contributed by atoms with Crippen LogP contribution in [-0.2, 0) is 11.9 Å². The van der Waals surface area contributed by atoms with Crippen molar-refractivity contribution >= 4 is 29.3 Å². The van der Waals surface area contributed by atoms with Crippen molar-refractivity contribution < 1.29 is 22.7 Å². The molecule has 4 aromatic rings. The molecule has 192 valence electrons. The van der Waals surface area contributed by atoms with Crippen LogP contribution < -0.4 is 10.1 Å². The molecule has 1 atom stereocenters. The van der Waals surface area contributed by atoms with Gasteiger partial charge in [0.25, 0.3) is 5.91 Å². The Bertz CT molecular complexity index is 1390. The number of methoxy groups -OCH3 is 1. The van der Waals surface area contributed by atoms with E-state index in [2.05, 4.69) is 15.5 Å². The molecule has 0 saturated carbocycles. The second-order valence-electron chi connectivity index (χ2n) is 8.07. The molecular weight excluding hydrogens is 525 g/mol. The number of nitrogens with one attached hydrogen (secondary N) is 1. The summed E-state index contributed by atoms with van der Waals surface area (Å²) < 4.78 is 46.2. The Morgan fingerprint density at radius 2 is 1.81 bits per heavy atom. The highest BCUT2D eigenvalue weighted by atomic mass is 35.5. The maximum atomic E-state index is 13.1. The highest BCUT2D eigenvalue weighted by molar-refractivity contribution is 7.98. The topological polar surface area (TPSA) is 69.0 Å². The van der Waals surface area contributed by atoms with Crippen molar-refractivity contribution in [3.8, 4) is 11.4 Å². The number of aromatic nitrogens is 3. The predicted molar refractivity (Wildman–Crippen MR) is 136 cm³/mol. The number of nitrogens with zero attached hydrogens (tertiary/aromatic N) is 3. The van der Waals surface area contributed by atoms with Crippen molar-refractivity contribution in [3.63, 3.8) is 0 Å². The molecule has 37 heavy (non-hydrogen) atoms. The summed E-state index contributed by atoms with van der Waals surface area (Å²) in [5.74, 6) is 0.993. The molecule has 0 saturated heterocycles. The Hall–Kier alpha value is -3.50. The minimum Gasteiger partial charge on any atom is -0.497 e. The summed E-state index contributed by atoms with van der Waals surface area (Å²) >= 11 is 7.45. The molecule has 4 rings (SSSR count). The molecule has 0 bridgehead atoms. The zero-order valence-corrected chi connectivity index (χ0v) is 21.4. The predicted octanol–water partition coefficient (Wildman–Crippen LogP) is 6.73. The lowest BCUT2D eigenvalue weighted by Crippen LogP contribution is -2.28. The monoisotopic (exact) mass is 546 g/mol. The molecule has 0 fully saturated rings. The Kier molecular flexibility index (Phi) is 8.09. The van der Waals surface area contributed by atoms with Crippen molar-refractivity contribution in [1.82, 2.24) is 20.1 Å². The number of amides is 1. The Labute approximate surface area is 220 Å². The van der Waals surface area contributed by atoms with Crippen LogP contribution >= 0.6 is 23.4 Å². The number of carbonyl (C=O) groups is 1. The lowest BCUT2D eigenvalue weighted by Gasteiger charge is -2.17. The Morgan fingerprint density at radius 3 is 2.49 bits per heavy atom. The van der Waals surface area contributed by atoms with Crippen molar-refractivity contribution in [1.29, 1.82) is 0 Å². The van der Waals surface area contributed by atoms with Crippen LogP contribution in [-0.4, -0.2) is 27.8 Å². The van der Waals surface area contributed by atoms with E-state index in [4.69, 9.17) is 16.3 Å². The second kappa shape index (κ2) is 11.3. The molecule has 1 aromatic heterocycles. The van der Waals surface area contributed by atoms with Crippen molar-refractivity contribution in [2.45, 2.75) is 30.1 Å². The van der Waals surface area contributed by atoms with Crippen LogP contribution in [0.5, 0.6) is 5.75 Å². The molecule has 0 aliphatic heterocycles. The minimum absolute atomic E-state index is 0.231. The number of hydrogen-bond acceptors (Lipinski definition) is 5. The molecule has 1 amide bonds. The quantitative estimate of drug-likeness (QED) is 0.248. The van der Waals surface area contributed by atoms with Gasteiger partial charge in [-0.25, -0.2) is 0 Å². The molecule has 6 nitrogen and oxygen atoms in total. The van der Waals surface area contributed by atoms with Gasteiger partial charge in [-0.3, -0.25) is 9.36 Å². The van der Waals surface area contributed by atoms with Crippen molar-refractivity contribution in [3.05, 3.63) is 100 Å². The average molecular weight is 547 g/mol. The van der Waals surface area contributed by atoms with Crippen molar-refractivity contribution in [2.75, 3.05) is 7.11 Å². The van der Waals surface area contributed by atoms with E-state index >= 15 is 0 Å². The van der Waals surface area contributed by atoms with Gasteiger partial charge >= 0.3 is 6.18 Å². The lowest BCUT2D eigenvalue weighted by molar-refractivity contribution is -0.137. The van der Waals surface area contributed by atoms with Crippen LogP contribution in [0.4, 0.5) is 13.2 Å². The summed E-state index contributed by atoms with van der Waals surface area (Å²) in [6.07, 6.45) is -4.42. The van der Waals surface area contributed by atoms with Gasteiger partial charge in [-0.15, -0.1) is 10.2 Å². The van der Waals surface area contributed by atoms with Gasteiger partial charge in [-0.05, 0) is 61.0 Å². The smallest absolute Gasteiger partial charge is 0.416 e. The number of benzene rings is 3. The van der Waals surface area contributed by atoms with Gasteiger partial charge in [0.1, 0.15) is 5.75 Å². The standard InChI is InChI=1S/C26H22ClF3N4O2S/c1-16(31-24(35)18-9-11-22(36-2)12-10-18)23-32-33-25(34(23)21-8-4-7-20(27)14-21)37-15-17-5-3-6-19(13-17)26(28,29)30/h3-14,16H,15H2,1-2H3,(H,31,35). The van der Waals surface area contributed by atoms with Gasteiger partial charge in [-0.2, -0.15) is 13.2 Å². The van der Waals surface area contributed by atoms with E-state index in [1.807, 2.05) is 6.07 Å². The fraction of sp³-hybridized carbons (Fsp3) is 0.192. The van der Waals surface area contributed by atoms with E-state index in [0.717, 1.165) is 12.1 Å². The first-order valence-corrected chi connectivity index (χ1v) is 12.5. The second-order valence-corrected chi connectivity index (χ2v) is 9.45. The fourth-order valence-electron chi connectivity index (χ4n) is 3.59. The number of halogens is 4. The number of ether oxygens (including phenoxy) is 1. The van der Waals surface area contributed by atoms with Gasteiger partial charge in [0.15, 0.2) is 11.0 Å². The van der Waals surface area contributed by atoms with Crippen molar-refractivity contribution in [2.24, 2.45) is 0 Å². The molecule has 1 heterocycles. The summed E-state index contributed by atoms with van der Waals surface area (Å²) in [6, 6.07) is 18.3. The third-order valence-corrected chi connectivity index (χ3v) is 6.67. The minimum atomic E-state index is -4.42. The normalized spacial score (nSPS) is 12.3. The van der Waals surface area contributed by atoms with Crippen LogP contribution in [0.1, 0.15) is 40.3 Å². The third-order valence-electron chi connectivity index (χ3n) is 5.43. The number of thioether (sulfide) groups is 1. The summed E-state index contributed by atoms with van der Waals surface area (Å²) in [5.41, 5.74) is 0.880. The number of carbonyl (C=O) groups excluding carboxylic acids is 1. The van der Waals surface area contributed by atoms with Gasteiger partial charge in [0, 0.05) is 16.3 Å². The molecule has 1 N–H and O–H groups in total. The average Bonchev–Trinajstić information content (AvgIpc) is 3.31. The zero-order valence-electron chi connectivity index (χ0n) is 19.8. The van der Waals surface area contributed by atoms with E-state index in [0.29, 0.717) is 38.6 Å². The SMILES string of the molecule is COc1ccc(C(=O)NC(C)c2nnc(SCc3cccc(C(F)(F)F)c3)n2-c2cccc(Cl)c2)cc1. The van der Waals surface area contributed by atoms with Crippen LogP contribution in [0, 0.1) is 0 Å². The maximum absolute atomic E-state index is 13.1. The molecule has 0 aliphatic carbocycles. The van der Waals surface area contributed by atoms with E-state index in [-0.39, 0.29) is 11.7 Å². The van der Waals surface area contributed by atoms with Gasteiger partial charge in [0.2, 0.25) is 0 Å². The zero-order chi connectivity index (χ0) is 26.6. The number of alkyl halides is 3. The first kappa shape index (κ1) is 26.6. The molecule has 0 aliphatic rings. The van der Waals surface area contributed by atoms with Gasteiger partial charge < -0.3 is 10.1 Å². The third kappa shape index (κ3) is 6.44. The highest BCUT2D eigenvalue weighted by Crippen LogP contribution is 2.32. The number of hydrogen-bond donors (Lipinski definition) is 1. The first-order valence-electron chi connectivity index (χ1n) is 11.1. The van der Waals surface area contributed by atoms with Crippen LogP contribution in [0.2, 0.25) is 5.02 Å². The van der Waals surface area contributed by atoms with E-state index < -0.39 is 17.8 Å². The Balaban J connectivity index is 1.60. The van der Waals surface area contributed by atoms with E-state index in [9.17, 15) is 18.0 Å². The summed E-state index contributed by atoms with van der Waals surface area (Å²) in [4.78, 5) is 12.8. The van der Waals surface area contributed by atoms with E-state index in [1.165, 1.54) is 17.8 Å². The highest BCUT2D eigenvalue weighted by Gasteiger charge is 2.30. The largest absolute Gasteiger partial charge is 0.497 e. The lowest BCUT2D eigenvalue weighted by atomic mass is 10.1. The van der Waals surface area contributed by atoms with Gasteiger partial charge in [0.05, 0.1) is 24.4 Å². The first-order chi connectivity index (χ1) is 17.7. The molecule has 0 radical (unpaired) electrons. The molecule has 3 aromatic carbocycles.